The van der Waals surface area contributed by atoms with Crippen molar-refractivity contribution in [2.45, 2.75) is 38.1 Å². The molecule has 32 heavy (non-hydrogen) atoms. The lowest BCUT2D eigenvalue weighted by Gasteiger charge is -2.37. The average Bonchev–Trinajstić information content (AvgIpc) is 3.33. The number of carbonyl (C=O) groups excluding carboxylic acids is 1. The van der Waals surface area contributed by atoms with E-state index in [-0.39, 0.29) is 5.91 Å². The van der Waals surface area contributed by atoms with Crippen molar-refractivity contribution in [3.63, 3.8) is 0 Å². The number of rotatable bonds is 7. The molecule has 3 aliphatic heterocycles. The third kappa shape index (κ3) is 6.59. The first-order valence-electron chi connectivity index (χ1n) is 12.2. The van der Waals surface area contributed by atoms with Gasteiger partial charge in [-0.2, -0.15) is 0 Å². The zero-order valence-electron chi connectivity index (χ0n) is 19.0. The number of hydrogen-bond donors (Lipinski definition) is 0. The Hall–Kier alpha value is -1.83. The quantitative estimate of drug-likeness (QED) is 0.603. The Labute approximate surface area is 190 Å². The predicted molar refractivity (Wildman–Crippen MR) is 123 cm³/mol. The Morgan fingerprint density at radius 1 is 0.844 bits per heavy atom. The first-order valence-corrected chi connectivity index (χ1v) is 12.2. The Kier molecular flexibility index (Phi) is 8.27. The van der Waals surface area contributed by atoms with Crippen molar-refractivity contribution in [2.24, 2.45) is 0 Å². The van der Waals surface area contributed by atoms with E-state index in [1.807, 2.05) is 4.90 Å². The molecule has 0 atom stereocenters. The van der Waals surface area contributed by atoms with E-state index in [9.17, 15) is 13.6 Å². The van der Waals surface area contributed by atoms with Gasteiger partial charge in [0.15, 0.2) is 0 Å². The van der Waals surface area contributed by atoms with Gasteiger partial charge in [-0.05, 0) is 95.1 Å². The molecule has 0 bridgehead atoms. The van der Waals surface area contributed by atoms with Gasteiger partial charge in [-0.1, -0.05) is 0 Å². The SMILES string of the molecule is O=C(/C=C/c1cc(F)cc(F)c1)N1CCN(CCCN2CCC(N3CCCC3)CC2)CC1. The van der Waals surface area contributed by atoms with Crippen molar-refractivity contribution in [3.05, 3.63) is 41.5 Å². The van der Waals surface area contributed by atoms with Gasteiger partial charge in [-0.15, -0.1) is 0 Å². The molecule has 3 aliphatic rings. The van der Waals surface area contributed by atoms with Crippen molar-refractivity contribution >= 4 is 12.0 Å². The summed E-state index contributed by atoms with van der Waals surface area (Å²) >= 11 is 0. The molecular weight excluding hydrogens is 410 g/mol. The Bertz CT molecular complexity index is 760. The summed E-state index contributed by atoms with van der Waals surface area (Å²) in [6.07, 6.45) is 9.45. The summed E-state index contributed by atoms with van der Waals surface area (Å²) in [4.78, 5) is 22.0. The second kappa shape index (κ2) is 11.3. The molecule has 3 saturated heterocycles. The number of piperidine rings is 1. The Morgan fingerprint density at radius 3 is 2.06 bits per heavy atom. The summed E-state index contributed by atoms with van der Waals surface area (Å²) in [5.74, 6) is -1.38. The van der Waals surface area contributed by atoms with E-state index in [0.29, 0.717) is 18.7 Å². The van der Waals surface area contributed by atoms with Crippen molar-refractivity contribution in [3.8, 4) is 0 Å². The highest BCUT2D eigenvalue weighted by molar-refractivity contribution is 5.91. The average molecular weight is 447 g/mol. The van der Waals surface area contributed by atoms with E-state index in [2.05, 4.69) is 14.7 Å². The minimum absolute atomic E-state index is 0.102. The van der Waals surface area contributed by atoms with Crippen LogP contribution >= 0.6 is 0 Å². The number of amides is 1. The van der Waals surface area contributed by atoms with Gasteiger partial charge in [0.2, 0.25) is 5.91 Å². The fourth-order valence-corrected chi connectivity index (χ4v) is 5.27. The second-order valence-electron chi connectivity index (χ2n) is 9.37. The molecule has 0 aliphatic carbocycles. The highest BCUT2D eigenvalue weighted by Crippen LogP contribution is 2.21. The summed E-state index contributed by atoms with van der Waals surface area (Å²) < 4.78 is 26.5. The predicted octanol–water partition coefficient (Wildman–Crippen LogP) is 3.07. The number of carbonyl (C=O) groups is 1. The monoisotopic (exact) mass is 446 g/mol. The van der Waals surface area contributed by atoms with Crippen molar-refractivity contribution < 1.29 is 13.6 Å². The molecular formula is C25H36F2N4O. The van der Waals surface area contributed by atoms with Crippen LogP contribution in [0, 0.1) is 11.6 Å². The zero-order valence-corrected chi connectivity index (χ0v) is 19.0. The topological polar surface area (TPSA) is 30.0 Å². The first kappa shape index (κ1) is 23.3. The van der Waals surface area contributed by atoms with Gasteiger partial charge in [0.05, 0.1) is 0 Å². The van der Waals surface area contributed by atoms with E-state index < -0.39 is 11.6 Å². The third-order valence-electron chi connectivity index (χ3n) is 7.15. The van der Waals surface area contributed by atoms with E-state index in [4.69, 9.17) is 0 Å². The molecule has 3 fully saturated rings. The number of likely N-dealkylation sites (tertiary alicyclic amines) is 2. The van der Waals surface area contributed by atoms with Crippen LogP contribution in [0.25, 0.3) is 6.08 Å². The fraction of sp³-hybridized carbons (Fsp3) is 0.640. The maximum Gasteiger partial charge on any atom is 0.246 e. The van der Waals surface area contributed by atoms with Crippen LogP contribution in [-0.2, 0) is 4.79 Å². The summed E-state index contributed by atoms with van der Waals surface area (Å²) in [5, 5.41) is 0. The molecule has 3 heterocycles. The smallest absolute Gasteiger partial charge is 0.246 e. The van der Waals surface area contributed by atoms with Gasteiger partial charge in [0.1, 0.15) is 11.6 Å². The molecule has 5 nitrogen and oxygen atoms in total. The van der Waals surface area contributed by atoms with E-state index in [0.717, 1.165) is 31.7 Å². The number of piperazine rings is 1. The van der Waals surface area contributed by atoms with Crippen LogP contribution in [0.4, 0.5) is 8.78 Å². The molecule has 0 aromatic heterocycles. The lowest BCUT2D eigenvalue weighted by Crippen LogP contribution is -2.49. The largest absolute Gasteiger partial charge is 0.337 e. The second-order valence-corrected chi connectivity index (χ2v) is 9.37. The van der Waals surface area contributed by atoms with Gasteiger partial charge < -0.3 is 14.7 Å². The number of hydrogen-bond acceptors (Lipinski definition) is 4. The molecule has 176 valence electrons. The van der Waals surface area contributed by atoms with E-state index in [1.165, 1.54) is 89.1 Å². The van der Waals surface area contributed by atoms with Crippen LogP contribution in [0.1, 0.15) is 37.7 Å². The Balaban J connectivity index is 1.11. The molecule has 0 unspecified atom stereocenters. The lowest BCUT2D eigenvalue weighted by atomic mass is 10.0. The van der Waals surface area contributed by atoms with Gasteiger partial charge >= 0.3 is 0 Å². The molecule has 0 saturated carbocycles. The molecule has 4 rings (SSSR count). The van der Waals surface area contributed by atoms with Gasteiger partial charge in [-0.3, -0.25) is 9.69 Å². The number of nitrogens with zero attached hydrogens (tertiary/aromatic N) is 4. The standard InChI is InChI=1S/C25H36F2N4O/c26-22-18-21(19-23(27)20-22)4-5-25(32)31-16-14-29(15-17-31)9-3-8-28-12-6-24(7-13-28)30-10-1-2-11-30/h4-5,18-20,24H,1-3,6-17H2/b5-4+. The van der Waals surface area contributed by atoms with Crippen molar-refractivity contribution in [1.82, 2.24) is 19.6 Å². The van der Waals surface area contributed by atoms with Gasteiger partial charge in [-0.25, -0.2) is 8.78 Å². The molecule has 0 spiro atoms. The number of halogens is 2. The minimum Gasteiger partial charge on any atom is -0.337 e. The highest BCUT2D eigenvalue weighted by atomic mass is 19.1. The van der Waals surface area contributed by atoms with Crippen LogP contribution in [0.3, 0.4) is 0 Å². The zero-order chi connectivity index (χ0) is 22.3. The molecule has 7 heteroatoms. The summed E-state index contributed by atoms with van der Waals surface area (Å²) in [7, 11) is 0. The highest BCUT2D eigenvalue weighted by Gasteiger charge is 2.26. The van der Waals surface area contributed by atoms with Crippen molar-refractivity contribution in [2.75, 3.05) is 65.4 Å². The van der Waals surface area contributed by atoms with Crippen LogP contribution < -0.4 is 0 Å². The first-order chi connectivity index (χ1) is 15.6. The molecule has 1 aromatic carbocycles. The lowest BCUT2D eigenvalue weighted by molar-refractivity contribution is -0.127. The number of benzene rings is 1. The van der Waals surface area contributed by atoms with E-state index in [1.54, 1.807) is 0 Å². The molecule has 0 N–H and O–H groups in total. The van der Waals surface area contributed by atoms with Crippen LogP contribution in [0.5, 0.6) is 0 Å². The Morgan fingerprint density at radius 2 is 1.44 bits per heavy atom. The van der Waals surface area contributed by atoms with Gasteiger partial charge in [0, 0.05) is 44.4 Å². The molecule has 1 aromatic rings. The maximum absolute atomic E-state index is 13.3. The fourth-order valence-electron chi connectivity index (χ4n) is 5.27. The van der Waals surface area contributed by atoms with Crippen LogP contribution in [0.15, 0.2) is 24.3 Å². The normalized spacial score (nSPS) is 22.2. The summed E-state index contributed by atoms with van der Waals surface area (Å²) in [5.41, 5.74) is 0.360. The molecule has 1 amide bonds. The third-order valence-corrected chi connectivity index (χ3v) is 7.15. The van der Waals surface area contributed by atoms with Crippen LogP contribution in [-0.4, -0.2) is 97.0 Å². The summed E-state index contributed by atoms with van der Waals surface area (Å²) in [6.45, 7) is 10.5. The van der Waals surface area contributed by atoms with Gasteiger partial charge in [0.25, 0.3) is 0 Å². The maximum atomic E-state index is 13.3. The van der Waals surface area contributed by atoms with Crippen molar-refractivity contribution in [1.29, 1.82) is 0 Å². The van der Waals surface area contributed by atoms with Crippen LogP contribution in [0.2, 0.25) is 0 Å². The summed E-state index contributed by atoms with van der Waals surface area (Å²) in [6, 6.07) is 4.09. The van der Waals surface area contributed by atoms with E-state index >= 15 is 0 Å². The minimum atomic E-state index is -0.637. The molecule has 0 radical (unpaired) electrons.